The number of nitrogens with zero attached hydrogens (tertiary/aromatic N) is 5. The van der Waals surface area contributed by atoms with Gasteiger partial charge in [0, 0.05) is 29.2 Å². The number of halogens is 1. The average Bonchev–Trinajstić information content (AvgIpc) is 3.17. The van der Waals surface area contributed by atoms with Gasteiger partial charge in [0.15, 0.2) is 0 Å². The number of aryl methyl sites for hydroxylation is 1. The van der Waals surface area contributed by atoms with Gasteiger partial charge in [-0.25, -0.2) is 9.50 Å². The molecule has 5 nitrogen and oxygen atoms in total. The average molecular weight is 412 g/mol. The number of hydrogen-bond acceptors (Lipinski definition) is 4. The highest BCUT2D eigenvalue weighted by molar-refractivity contribution is 6.30. The van der Waals surface area contributed by atoms with Crippen LogP contribution in [0, 0.1) is 18.8 Å². The number of aromatic nitrogens is 4. The maximum Gasteiger partial charge on any atom is 0.252 e. The predicted octanol–water partition coefficient (Wildman–Crippen LogP) is 5.30. The smallest absolute Gasteiger partial charge is 0.252 e. The first-order valence-corrected chi connectivity index (χ1v) is 11.0. The van der Waals surface area contributed by atoms with E-state index in [9.17, 15) is 0 Å². The third-order valence-corrected chi connectivity index (χ3v) is 6.69. The van der Waals surface area contributed by atoms with Gasteiger partial charge in [0.25, 0.3) is 5.78 Å². The van der Waals surface area contributed by atoms with E-state index in [2.05, 4.69) is 58.9 Å². The van der Waals surface area contributed by atoms with Gasteiger partial charge in [0.2, 0.25) is 0 Å². The van der Waals surface area contributed by atoms with Gasteiger partial charge in [-0.15, -0.1) is 0 Å². The summed E-state index contributed by atoms with van der Waals surface area (Å²) >= 11 is 6.17. The molecule has 0 radical (unpaired) electrons. The minimum atomic E-state index is 0.379. The van der Waals surface area contributed by atoms with Gasteiger partial charge in [-0.1, -0.05) is 44.5 Å². The Morgan fingerprint density at radius 1 is 1.14 bits per heavy atom. The highest BCUT2D eigenvalue weighted by atomic mass is 35.5. The van der Waals surface area contributed by atoms with E-state index in [0.717, 1.165) is 30.2 Å². The van der Waals surface area contributed by atoms with E-state index in [1.807, 2.05) is 23.6 Å². The Hall–Kier alpha value is -1.98. The Balaban J connectivity index is 1.67. The lowest BCUT2D eigenvalue weighted by molar-refractivity contribution is 0.0913. The summed E-state index contributed by atoms with van der Waals surface area (Å²) in [6.07, 6.45) is 3.94. The summed E-state index contributed by atoms with van der Waals surface area (Å²) in [6.45, 7) is 11.2. The minimum Gasteiger partial charge on any atom is -0.295 e. The molecule has 3 unspecified atom stereocenters. The van der Waals surface area contributed by atoms with Crippen molar-refractivity contribution in [2.45, 2.75) is 52.5 Å². The van der Waals surface area contributed by atoms with E-state index in [-0.39, 0.29) is 0 Å². The minimum absolute atomic E-state index is 0.379. The molecule has 1 aliphatic rings. The fraction of sp³-hybridized carbons (Fsp3) is 0.522. The van der Waals surface area contributed by atoms with Crippen molar-refractivity contribution in [2.24, 2.45) is 11.8 Å². The van der Waals surface area contributed by atoms with Crippen molar-refractivity contribution in [3.05, 3.63) is 58.6 Å². The Morgan fingerprint density at radius 2 is 1.90 bits per heavy atom. The highest BCUT2D eigenvalue weighted by Gasteiger charge is 2.33. The molecule has 0 bridgehead atoms. The molecule has 0 amide bonds. The molecule has 3 heterocycles. The third kappa shape index (κ3) is 4.17. The highest BCUT2D eigenvalue weighted by Crippen LogP contribution is 2.38. The quantitative estimate of drug-likeness (QED) is 0.571. The second-order valence-corrected chi connectivity index (χ2v) is 9.16. The zero-order valence-electron chi connectivity index (χ0n) is 17.7. The molecule has 154 valence electrons. The van der Waals surface area contributed by atoms with Crippen LogP contribution < -0.4 is 0 Å². The Morgan fingerprint density at radius 3 is 2.62 bits per heavy atom. The van der Waals surface area contributed by atoms with Crippen molar-refractivity contribution in [1.82, 2.24) is 24.5 Å². The molecular weight excluding hydrogens is 382 g/mol. The molecule has 4 rings (SSSR count). The van der Waals surface area contributed by atoms with Crippen LogP contribution in [0.4, 0.5) is 0 Å². The molecule has 6 heteroatoms. The third-order valence-electron chi connectivity index (χ3n) is 6.43. The van der Waals surface area contributed by atoms with Crippen molar-refractivity contribution >= 4 is 17.4 Å². The zero-order chi connectivity index (χ0) is 20.5. The summed E-state index contributed by atoms with van der Waals surface area (Å²) in [5.74, 6) is 2.26. The lowest BCUT2D eigenvalue weighted by Gasteiger charge is -2.42. The van der Waals surface area contributed by atoms with Gasteiger partial charge in [0.1, 0.15) is 6.33 Å². The van der Waals surface area contributed by atoms with E-state index in [0.29, 0.717) is 29.6 Å². The maximum absolute atomic E-state index is 6.17. The van der Waals surface area contributed by atoms with Crippen LogP contribution >= 0.6 is 11.6 Å². The van der Waals surface area contributed by atoms with Gasteiger partial charge in [-0.3, -0.25) is 4.90 Å². The molecule has 0 saturated carbocycles. The first-order chi connectivity index (χ1) is 13.9. The van der Waals surface area contributed by atoms with Crippen molar-refractivity contribution in [2.75, 3.05) is 13.1 Å². The van der Waals surface area contributed by atoms with Crippen LogP contribution in [0.25, 0.3) is 5.78 Å². The molecule has 29 heavy (non-hydrogen) atoms. The number of benzene rings is 1. The summed E-state index contributed by atoms with van der Waals surface area (Å²) in [5, 5.41) is 5.24. The number of fused-ring (bicyclic) bond motifs is 1. The normalized spacial score (nSPS) is 20.3. The lowest BCUT2D eigenvalue weighted by Crippen LogP contribution is -2.41. The van der Waals surface area contributed by atoms with Gasteiger partial charge >= 0.3 is 0 Å². The molecule has 0 spiro atoms. The molecule has 1 aromatic carbocycles. The summed E-state index contributed by atoms with van der Waals surface area (Å²) in [7, 11) is 0. The van der Waals surface area contributed by atoms with E-state index in [1.165, 1.54) is 17.7 Å². The SMILES string of the molecule is Cc1cc(C2CCCN(C(c3ccc(Cl)cc3)C(C)C(C)C)C2)n2ncnc2n1. The first-order valence-electron chi connectivity index (χ1n) is 10.6. The van der Waals surface area contributed by atoms with E-state index in [1.54, 1.807) is 6.33 Å². The van der Waals surface area contributed by atoms with Crippen molar-refractivity contribution < 1.29 is 0 Å². The Bertz CT molecular complexity index is 965. The molecule has 3 aromatic rings. The topological polar surface area (TPSA) is 46.3 Å². The fourth-order valence-electron chi connectivity index (χ4n) is 4.62. The number of hydrogen-bond donors (Lipinski definition) is 0. The largest absolute Gasteiger partial charge is 0.295 e. The standard InChI is InChI=1S/C23H30ClN5/c1-15(2)17(4)22(18-7-9-20(24)10-8-18)28-11-5-6-19(13-28)21-12-16(3)27-23-25-14-26-29(21)23/h7-10,12,14-15,17,19,22H,5-6,11,13H2,1-4H3. The molecule has 1 aliphatic heterocycles. The summed E-state index contributed by atoms with van der Waals surface area (Å²) in [4.78, 5) is 11.5. The van der Waals surface area contributed by atoms with Crippen molar-refractivity contribution in [1.29, 1.82) is 0 Å². The second kappa shape index (κ2) is 8.41. The summed E-state index contributed by atoms with van der Waals surface area (Å²) in [5.41, 5.74) is 3.58. The first kappa shape index (κ1) is 20.3. The molecule has 3 atom stereocenters. The predicted molar refractivity (Wildman–Crippen MR) is 117 cm³/mol. The monoisotopic (exact) mass is 411 g/mol. The van der Waals surface area contributed by atoms with Gasteiger partial charge in [-0.05, 0) is 61.9 Å². The van der Waals surface area contributed by atoms with Crippen LogP contribution in [-0.4, -0.2) is 37.6 Å². The fourth-order valence-corrected chi connectivity index (χ4v) is 4.75. The molecule has 2 aromatic heterocycles. The molecular formula is C23H30ClN5. The second-order valence-electron chi connectivity index (χ2n) is 8.73. The lowest BCUT2D eigenvalue weighted by atomic mass is 9.82. The van der Waals surface area contributed by atoms with Gasteiger partial charge in [-0.2, -0.15) is 10.1 Å². The van der Waals surface area contributed by atoms with Crippen LogP contribution in [0.15, 0.2) is 36.7 Å². The van der Waals surface area contributed by atoms with Crippen LogP contribution in [-0.2, 0) is 0 Å². The molecule has 0 N–H and O–H groups in total. The van der Waals surface area contributed by atoms with E-state index in [4.69, 9.17) is 11.6 Å². The molecule has 1 saturated heterocycles. The van der Waals surface area contributed by atoms with Crippen LogP contribution in [0.3, 0.4) is 0 Å². The van der Waals surface area contributed by atoms with E-state index >= 15 is 0 Å². The Labute approximate surface area is 178 Å². The Kier molecular flexibility index (Phi) is 5.88. The van der Waals surface area contributed by atoms with Crippen molar-refractivity contribution in [3.63, 3.8) is 0 Å². The summed E-state index contributed by atoms with van der Waals surface area (Å²) in [6, 6.07) is 11.0. The van der Waals surface area contributed by atoms with Crippen LogP contribution in [0.5, 0.6) is 0 Å². The molecule has 0 aliphatic carbocycles. The summed E-state index contributed by atoms with van der Waals surface area (Å²) < 4.78 is 1.92. The number of piperidine rings is 1. The van der Waals surface area contributed by atoms with Gasteiger partial charge in [0.05, 0.1) is 5.69 Å². The van der Waals surface area contributed by atoms with Crippen molar-refractivity contribution in [3.8, 4) is 0 Å². The number of likely N-dealkylation sites (tertiary alicyclic amines) is 1. The van der Waals surface area contributed by atoms with E-state index < -0.39 is 0 Å². The van der Waals surface area contributed by atoms with Gasteiger partial charge < -0.3 is 0 Å². The van der Waals surface area contributed by atoms with Crippen LogP contribution in [0.1, 0.15) is 62.5 Å². The maximum atomic E-state index is 6.17. The zero-order valence-corrected chi connectivity index (χ0v) is 18.5. The van der Waals surface area contributed by atoms with Crippen LogP contribution in [0.2, 0.25) is 5.02 Å². The molecule has 1 fully saturated rings. The number of rotatable bonds is 5.